The number of rotatable bonds is 4. The molecule has 1 aliphatic carbocycles. The van der Waals surface area contributed by atoms with Gasteiger partial charge < -0.3 is 5.32 Å². The highest BCUT2D eigenvalue weighted by atomic mass is 16.2. The molecule has 1 N–H and O–H groups in total. The zero-order valence-electron chi connectivity index (χ0n) is 15.2. The Balaban J connectivity index is 1.54. The highest BCUT2D eigenvalue weighted by Crippen LogP contribution is 2.30. The smallest absolute Gasteiger partial charge is 0.238 e. The fraction of sp³-hybridized carbons (Fsp3) is 0.619. The van der Waals surface area contributed by atoms with Crippen LogP contribution < -0.4 is 5.32 Å². The molecular weight excluding hydrogens is 310 g/mol. The summed E-state index contributed by atoms with van der Waals surface area (Å²) in [5, 5.41) is 12.6. The molecule has 2 aliphatic rings. The molecule has 25 heavy (non-hydrogen) atoms. The quantitative estimate of drug-likeness (QED) is 0.912. The summed E-state index contributed by atoms with van der Waals surface area (Å²) in [5.74, 6) is 0.609. The molecule has 1 heterocycles. The third kappa shape index (κ3) is 4.22. The van der Waals surface area contributed by atoms with Gasteiger partial charge in [0, 0.05) is 0 Å². The monoisotopic (exact) mass is 339 g/mol. The Bertz CT molecular complexity index is 608. The fourth-order valence-electron chi connectivity index (χ4n) is 4.27. The average Bonchev–Trinajstić information content (AvgIpc) is 2.69. The number of carbonyl (C=O) groups is 1. The molecule has 3 rings (SSSR count). The minimum Gasteiger partial charge on any atom is -0.336 e. The molecule has 4 heteroatoms. The SMILES string of the molecule is CC(C(=O)NC1(C#N)CCCCC1)N1CCC(c2ccccc2)CC1. The molecule has 0 bridgehead atoms. The Morgan fingerprint density at radius 1 is 1.20 bits per heavy atom. The number of likely N-dealkylation sites (tertiary alicyclic amines) is 1. The van der Waals surface area contributed by atoms with Crippen LogP contribution >= 0.6 is 0 Å². The molecule has 2 fully saturated rings. The van der Waals surface area contributed by atoms with Crippen molar-refractivity contribution in [3.05, 3.63) is 35.9 Å². The van der Waals surface area contributed by atoms with Crippen molar-refractivity contribution >= 4 is 5.91 Å². The van der Waals surface area contributed by atoms with Gasteiger partial charge in [0.05, 0.1) is 12.1 Å². The fourth-order valence-corrected chi connectivity index (χ4v) is 4.27. The van der Waals surface area contributed by atoms with Gasteiger partial charge in [0.15, 0.2) is 0 Å². The van der Waals surface area contributed by atoms with Crippen LogP contribution in [0.2, 0.25) is 0 Å². The molecule has 134 valence electrons. The third-order valence-corrected chi connectivity index (χ3v) is 6.01. The van der Waals surface area contributed by atoms with E-state index in [1.165, 1.54) is 12.0 Å². The van der Waals surface area contributed by atoms with Gasteiger partial charge in [-0.05, 0) is 57.2 Å². The van der Waals surface area contributed by atoms with Crippen molar-refractivity contribution in [1.82, 2.24) is 10.2 Å². The van der Waals surface area contributed by atoms with Gasteiger partial charge in [-0.2, -0.15) is 5.26 Å². The van der Waals surface area contributed by atoms with Crippen LogP contribution in [0.25, 0.3) is 0 Å². The molecule has 1 saturated heterocycles. The van der Waals surface area contributed by atoms with Crippen LogP contribution in [0.15, 0.2) is 30.3 Å². The first kappa shape index (κ1) is 17.9. The number of nitrogens with one attached hydrogen (secondary N) is 1. The summed E-state index contributed by atoms with van der Waals surface area (Å²) in [7, 11) is 0. The number of carbonyl (C=O) groups excluding carboxylic acids is 1. The van der Waals surface area contributed by atoms with Gasteiger partial charge in [-0.1, -0.05) is 49.6 Å². The van der Waals surface area contributed by atoms with Crippen molar-refractivity contribution in [2.75, 3.05) is 13.1 Å². The van der Waals surface area contributed by atoms with E-state index in [1.807, 2.05) is 6.92 Å². The number of nitrogens with zero attached hydrogens (tertiary/aromatic N) is 2. The molecule has 1 aliphatic heterocycles. The Morgan fingerprint density at radius 2 is 1.84 bits per heavy atom. The van der Waals surface area contributed by atoms with E-state index < -0.39 is 5.54 Å². The van der Waals surface area contributed by atoms with Gasteiger partial charge in [0.25, 0.3) is 0 Å². The van der Waals surface area contributed by atoms with E-state index in [2.05, 4.69) is 46.6 Å². The van der Waals surface area contributed by atoms with Crippen LogP contribution in [0, 0.1) is 11.3 Å². The van der Waals surface area contributed by atoms with Crippen molar-refractivity contribution in [2.24, 2.45) is 0 Å². The number of piperidine rings is 1. The van der Waals surface area contributed by atoms with Crippen molar-refractivity contribution in [3.8, 4) is 6.07 Å². The standard InChI is InChI=1S/C21H29N3O/c1-17(20(25)23-21(16-22)12-6-3-7-13-21)24-14-10-19(11-15-24)18-8-4-2-5-9-18/h2,4-5,8-9,17,19H,3,6-7,10-15H2,1H3,(H,23,25). The van der Waals surface area contributed by atoms with E-state index in [-0.39, 0.29) is 11.9 Å². The number of hydrogen-bond donors (Lipinski definition) is 1. The second kappa shape index (κ2) is 8.01. The van der Waals surface area contributed by atoms with Gasteiger partial charge in [0.1, 0.15) is 5.54 Å². The third-order valence-electron chi connectivity index (χ3n) is 6.01. The van der Waals surface area contributed by atoms with E-state index in [9.17, 15) is 10.1 Å². The second-order valence-corrected chi connectivity index (χ2v) is 7.64. The molecule has 1 unspecified atom stereocenters. The molecule has 1 atom stereocenters. The van der Waals surface area contributed by atoms with E-state index in [0.29, 0.717) is 5.92 Å². The zero-order chi connectivity index (χ0) is 17.7. The van der Waals surface area contributed by atoms with Gasteiger partial charge >= 0.3 is 0 Å². The Hall–Kier alpha value is -1.86. The first-order valence-corrected chi connectivity index (χ1v) is 9.66. The first-order valence-electron chi connectivity index (χ1n) is 9.66. The number of nitriles is 1. The lowest BCUT2D eigenvalue weighted by Gasteiger charge is -2.38. The van der Waals surface area contributed by atoms with Crippen LogP contribution in [0.5, 0.6) is 0 Å². The molecule has 0 spiro atoms. The molecule has 0 radical (unpaired) electrons. The molecule has 0 aromatic heterocycles. The maximum atomic E-state index is 12.7. The molecule has 1 aromatic carbocycles. The summed E-state index contributed by atoms with van der Waals surface area (Å²) < 4.78 is 0. The molecule has 1 amide bonds. The highest BCUT2D eigenvalue weighted by Gasteiger charge is 2.36. The van der Waals surface area contributed by atoms with E-state index >= 15 is 0 Å². The Kier molecular flexibility index (Phi) is 5.75. The van der Waals surface area contributed by atoms with Crippen molar-refractivity contribution in [1.29, 1.82) is 5.26 Å². The van der Waals surface area contributed by atoms with E-state index in [0.717, 1.165) is 51.6 Å². The van der Waals surface area contributed by atoms with Crippen LogP contribution in [-0.4, -0.2) is 35.5 Å². The van der Waals surface area contributed by atoms with Crippen molar-refractivity contribution in [3.63, 3.8) is 0 Å². The van der Waals surface area contributed by atoms with Crippen LogP contribution in [0.4, 0.5) is 0 Å². The number of benzene rings is 1. The van der Waals surface area contributed by atoms with Crippen LogP contribution in [0.3, 0.4) is 0 Å². The average molecular weight is 339 g/mol. The largest absolute Gasteiger partial charge is 0.336 e. The summed E-state index contributed by atoms with van der Waals surface area (Å²) in [6.45, 7) is 3.85. The van der Waals surface area contributed by atoms with E-state index in [4.69, 9.17) is 0 Å². The first-order chi connectivity index (χ1) is 12.1. The minimum absolute atomic E-state index is 0.0154. The van der Waals surface area contributed by atoms with E-state index in [1.54, 1.807) is 0 Å². The predicted molar refractivity (Wildman–Crippen MR) is 99.0 cm³/mol. The number of hydrogen-bond acceptors (Lipinski definition) is 3. The molecule has 1 saturated carbocycles. The molecule has 4 nitrogen and oxygen atoms in total. The van der Waals surface area contributed by atoms with Crippen molar-refractivity contribution < 1.29 is 4.79 Å². The minimum atomic E-state index is -0.633. The van der Waals surface area contributed by atoms with Crippen LogP contribution in [-0.2, 0) is 4.79 Å². The highest BCUT2D eigenvalue weighted by molar-refractivity contribution is 5.82. The Morgan fingerprint density at radius 3 is 2.44 bits per heavy atom. The maximum Gasteiger partial charge on any atom is 0.238 e. The predicted octanol–water partition coefficient (Wildman–Crippen LogP) is 3.60. The molecule has 1 aromatic rings. The lowest BCUT2D eigenvalue weighted by molar-refractivity contribution is -0.128. The summed E-state index contributed by atoms with van der Waals surface area (Å²) in [5.41, 5.74) is 0.774. The second-order valence-electron chi connectivity index (χ2n) is 7.64. The molecular formula is C21H29N3O. The summed E-state index contributed by atoms with van der Waals surface area (Å²) >= 11 is 0. The maximum absolute atomic E-state index is 12.7. The van der Waals surface area contributed by atoms with Crippen LogP contribution in [0.1, 0.15) is 63.4 Å². The van der Waals surface area contributed by atoms with Gasteiger partial charge in [-0.25, -0.2) is 0 Å². The number of amides is 1. The summed E-state index contributed by atoms with van der Waals surface area (Å²) in [6, 6.07) is 12.9. The normalized spacial score (nSPS) is 22.7. The summed E-state index contributed by atoms with van der Waals surface area (Å²) in [6.07, 6.45) is 6.99. The van der Waals surface area contributed by atoms with Gasteiger partial charge in [0.2, 0.25) is 5.91 Å². The topological polar surface area (TPSA) is 56.1 Å². The van der Waals surface area contributed by atoms with Crippen molar-refractivity contribution in [2.45, 2.75) is 69.4 Å². The Labute approximate surface area is 151 Å². The van der Waals surface area contributed by atoms with Gasteiger partial charge in [-0.3, -0.25) is 9.69 Å². The zero-order valence-corrected chi connectivity index (χ0v) is 15.2. The van der Waals surface area contributed by atoms with Gasteiger partial charge in [-0.15, -0.1) is 0 Å². The summed E-state index contributed by atoms with van der Waals surface area (Å²) in [4.78, 5) is 15.0. The lowest BCUT2D eigenvalue weighted by atomic mass is 9.82. The lowest BCUT2D eigenvalue weighted by Crippen LogP contribution is -2.55.